The smallest absolute Gasteiger partial charge is 0.345 e. The Morgan fingerprint density at radius 3 is 1.95 bits per heavy atom. The average molecular weight is 297 g/mol. The lowest BCUT2D eigenvalue weighted by molar-refractivity contribution is -0.190. The highest BCUT2D eigenvalue weighted by Gasteiger charge is 2.46. The highest BCUT2D eigenvalue weighted by molar-refractivity contribution is 5.06. The number of hydrogen-bond donors (Lipinski definition) is 0. The third-order valence-electron chi connectivity index (χ3n) is 2.83. The molecule has 0 aromatic rings. The third kappa shape index (κ3) is 3.97. The summed E-state index contributed by atoms with van der Waals surface area (Å²) < 4.78 is 99.4. The van der Waals surface area contributed by atoms with E-state index in [2.05, 4.69) is 0 Å². The van der Waals surface area contributed by atoms with Gasteiger partial charge in [-0.3, -0.25) is 0 Å². The van der Waals surface area contributed by atoms with E-state index in [4.69, 9.17) is 0 Å². The highest BCUT2D eigenvalue weighted by Crippen LogP contribution is 2.38. The number of alkyl halides is 6. The minimum atomic E-state index is -5.54. The molecule has 19 heavy (non-hydrogen) atoms. The van der Waals surface area contributed by atoms with E-state index in [1.165, 1.54) is 6.92 Å². The Morgan fingerprint density at radius 2 is 1.53 bits per heavy atom. The topological polar surface area (TPSA) is 3.24 Å². The number of hydrogen-bond acceptors (Lipinski definition) is 1. The van der Waals surface area contributed by atoms with Crippen LogP contribution in [0.2, 0.25) is 0 Å². The minimum absolute atomic E-state index is 0.162. The van der Waals surface area contributed by atoms with Crippen molar-refractivity contribution in [3.05, 3.63) is 11.8 Å². The van der Waals surface area contributed by atoms with Crippen LogP contribution in [0.25, 0.3) is 0 Å². The zero-order chi connectivity index (χ0) is 15.0. The molecule has 0 bridgehead atoms. The van der Waals surface area contributed by atoms with Crippen LogP contribution < -0.4 is 0 Å². The second-order valence-corrected chi connectivity index (χ2v) is 4.59. The van der Waals surface area contributed by atoms with Gasteiger partial charge in [-0.15, -0.1) is 0 Å². The van der Waals surface area contributed by atoms with Crippen LogP contribution >= 0.6 is 0 Å². The molecule has 0 saturated carbocycles. The summed E-state index contributed by atoms with van der Waals surface area (Å²) in [6.45, 7) is -0.0608. The number of nitrogens with zero attached hydrogens (tertiary/aromatic N) is 1. The number of allylic oxidation sites excluding steroid dienone is 1. The van der Waals surface area contributed by atoms with Crippen LogP contribution in [-0.4, -0.2) is 30.3 Å². The van der Waals surface area contributed by atoms with Gasteiger partial charge in [-0.25, -0.2) is 0 Å². The first-order chi connectivity index (χ1) is 8.43. The Balaban J connectivity index is 2.95. The van der Waals surface area contributed by atoms with E-state index in [0.29, 0.717) is 0 Å². The lowest BCUT2D eigenvalue weighted by Crippen LogP contribution is -2.44. The van der Waals surface area contributed by atoms with E-state index >= 15 is 0 Å². The molecule has 1 aliphatic rings. The standard InChI is InChI=1S/C10H11F8N/c1-5-2-6(9(13,14)15)4-19(3-5)8(12)7(11)10(16,17)18/h5-6H,2-4H2,1H3/b8-7-. The largest absolute Gasteiger partial charge is 0.447 e. The number of rotatable bonds is 1. The summed E-state index contributed by atoms with van der Waals surface area (Å²) in [4.78, 5) is 0.162. The van der Waals surface area contributed by atoms with E-state index in [-0.39, 0.29) is 17.9 Å². The van der Waals surface area contributed by atoms with Gasteiger partial charge in [0.2, 0.25) is 5.95 Å². The Bertz CT molecular complexity index is 356. The van der Waals surface area contributed by atoms with Crippen LogP contribution in [0.1, 0.15) is 13.3 Å². The van der Waals surface area contributed by atoms with E-state index < -0.39 is 42.5 Å². The summed E-state index contributed by atoms with van der Waals surface area (Å²) in [7, 11) is 0. The van der Waals surface area contributed by atoms with Crippen molar-refractivity contribution in [2.24, 2.45) is 11.8 Å². The van der Waals surface area contributed by atoms with Gasteiger partial charge in [0.25, 0.3) is 5.83 Å². The first-order valence-corrected chi connectivity index (χ1v) is 5.37. The molecule has 0 spiro atoms. The number of piperidine rings is 1. The molecule has 1 saturated heterocycles. The lowest BCUT2D eigenvalue weighted by atomic mass is 9.90. The second-order valence-electron chi connectivity index (χ2n) is 4.59. The van der Waals surface area contributed by atoms with Crippen LogP contribution in [-0.2, 0) is 0 Å². The van der Waals surface area contributed by atoms with Gasteiger partial charge in [0.05, 0.1) is 5.92 Å². The van der Waals surface area contributed by atoms with Gasteiger partial charge < -0.3 is 4.90 Å². The summed E-state index contributed by atoms with van der Waals surface area (Å²) >= 11 is 0. The van der Waals surface area contributed by atoms with Gasteiger partial charge in [0.15, 0.2) is 0 Å². The Morgan fingerprint density at radius 1 is 1.00 bits per heavy atom. The molecule has 0 radical (unpaired) electrons. The van der Waals surface area contributed by atoms with E-state index in [9.17, 15) is 35.1 Å². The summed E-state index contributed by atoms with van der Waals surface area (Å²) in [6, 6.07) is 0. The molecule has 1 nitrogen and oxygen atoms in total. The van der Waals surface area contributed by atoms with Crippen molar-refractivity contribution in [3.63, 3.8) is 0 Å². The second kappa shape index (κ2) is 5.16. The third-order valence-corrected chi connectivity index (χ3v) is 2.83. The maximum atomic E-state index is 13.3. The zero-order valence-corrected chi connectivity index (χ0v) is 9.75. The molecule has 1 fully saturated rings. The van der Waals surface area contributed by atoms with E-state index in [1.54, 1.807) is 0 Å². The van der Waals surface area contributed by atoms with Gasteiger partial charge in [0, 0.05) is 13.1 Å². The SMILES string of the molecule is CC1CC(C(F)(F)F)CN(/C(F)=C(\F)C(F)(F)F)C1. The molecule has 9 heteroatoms. The van der Waals surface area contributed by atoms with Gasteiger partial charge >= 0.3 is 12.4 Å². The molecule has 1 rings (SSSR count). The number of likely N-dealkylation sites (tertiary alicyclic amines) is 1. The first kappa shape index (κ1) is 16.0. The quantitative estimate of drug-likeness (QED) is 0.518. The summed E-state index contributed by atoms with van der Waals surface area (Å²) in [6.07, 6.45) is -10.5. The van der Waals surface area contributed by atoms with Gasteiger partial charge in [-0.2, -0.15) is 35.1 Å². The molecule has 0 aliphatic carbocycles. The molecule has 0 aromatic heterocycles. The predicted molar refractivity (Wildman–Crippen MR) is 50.2 cm³/mol. The maximum Gasteiger partial charge on any atom is 0.447 e. The van der Waals surface area contributed by atoms with Crippen LogP contribution in [0, 0.1) is 11.8 Å². The van der Waals surface area contributed by atoms with Crippen LogP contribution in [0.4, 0.5) is 35.1 Å². The van der Waals surface area contributed by atoms with Crippen molar-refractivity contribution in [1.82, 2.24) is 4.90 Å². The van der Waals surface area contributed by atoms with Gasteiger partial charge in [-0.1, -0.05) is 6.92 Å². The van der Waals surface area contributed by atoms with Gasteiger partial charge in [0.1, 0.15) is 0 Å². The summed E-state index contributed by atoms with van der Waals surface area (Å²) in [5, 5.41) is 0. The summed E-state index contributed by atoms with van der Waals surface area (Å²) in [5.74, 6) is -7.94. The molecule has 112 valence electrons. The fraction of sp³-hybridized carbons (Fsp3) is 0.800. The Kier molecular flexibility index (Phi) is 4.36. The van der Waals surface area contributed by atoms with Crippen molar-refractivity contribution < 1.29 is 35.1 Å². The molecule has 1 heterocycles. The van der Waals surface area contributed by atoms with Crippen molar-refractivity contribution in [3.8, 4) is 0 Å². The van der Waals surface area contributed by atoms with Crippen molar-refractivity contribution in [2.45, 2.75) is 25.7 Å². The maximum absolute atomic E-state index is 13.3. The van der Waals surface area contributed by atoms with E-state index in [1.807, 2.05) is 0 Å². The van der Waals surface area contributed by atoms with Crippen LogP contribution in [0.3, 0.4) is 0 Å². The molecule has 2 unspecified atom stereocenters. The lowest BCUT2D eigenvalue weighted by Gasteiger charge is -2.37. The first-order valence-electron chi connectivity index (χ1n) is 5.37. The normalized spacial score (nSPS) is 27.3. The monoisotopic (exact) mass is 297 g/mol. The molecule has 0 aromatic carbocycles. The molecular formula is C10H11F8N. The summed E-state index contributed by atoms with van der Waals surface area (Å²) in [5.41, 5.74) is 0. The van der Waals surface area contributed by atoms with E-state index in [0.717, 1.165) is 0 Å². The Hall–Kier alpha value is -1.02. The zero-order valence-electron chi connectivity index (χ0n) is 9.75. The number of halogens is 8. The fourth-order valence-electron chi connectivity index (χ4n) is 2.00. The molecule has 0 amide bonds. The average Bonchev–Trinajstić information content (AvgIpc) is 2.23. The molecular weight excluding hydrogens is 286 g/mol. The van der Waals surface area contributed by atoms with Crippen molar-refractivity contribution in [2.75, 3.05) is 13.1 Å². The fourth-order valence-corrected chi connectivity index (χ4v) is 2.00. The van der Waals surface area contributed by atoms with Crippen molar-refractivity contribution in [1.29, 1.82) is 0 Å². The van der Waals surface area contributed by atoms with Crippen LogP contribution in [0.15, 0.2) is 11.8 Å². The Labute approximate surface area is 103 Å². The van der Waals surface area contributed by atoms with Crippen LogP contribution in [0.5, 0.6) is 0 Å². The highest BCUT2D eigenvalue weighted by atomic mass is 19.4. The minimum Gasteiger partial charge on any atom is -0.345 e. The molecule has 0 N–H and O–H groups in total. The molecule has 1 aliphatic heterocycles. The van der Waals surface area contributed by atoms with Gasteiger partial charge in [-0.05, 0) is 12.3 Å². The molecule has 2 atom stereocenters. The predicted octanol–water partition coefficient (Wildman–Crippen LogP) is 4.18. The van der Waals surface area contributed by atoms with Crippen molar-refractivity contribution >= 4 is 0 Å².